The molecule has 1 amide bonds. The highest BCUT2D eigenvalue weighted by Gasteiger charge is 2.36. The van der Waals surface area contributed by atoms with Crippen LogP contribution in [0.2, 0.25) is 0 Å². The van der Waals surface area contributed by atoms with Crippen molar-refractivity contribution in [2.24, 2.45) is 5.92 Å². The number of methoxy groups -OCH3 is 1. The van der Waals surface area contributed by atoms with Crippen LogP contribution >= 0.6 is 0 Å². The monoisotopic (exact) mass is 501 g/mol. The smallest absolute Gasteiger partial charge is 0.243 e. The van der Waals surface area contributed by atoms with E-state index in [2.05, 4.69) is 4.90 Å². The van der Waals surface area contributed by atoms with E-state index >= 15 is 0 Å². The summed E-state index contributed by atoms with van der Waals surface area (Å²) >= 11 is 0. The number of carbonyl (C=O) groups excluding carboxylic acids is 1. The molecule has 8 nitrogen and oxygen atoms in total. The number of amides is 1. The van der Waals surface area contributed by atoms with Crippen LogP contribution in [0.15, 0.2) is 47.4 Å². The van der Waals surface area contributed by atoms with Crippen molar-refractivity contribution < 1.29 is 22.7 Å². The highest BCUT2D eigenvalue weighted by Crippen LogP contribution is 2.30. The molecule has 0 aromatic heterocycles. The van der Waals surface area contributed by atoms with E-state index in [9.17, 15) is 13.2 Å². The van der Waals surface area contributed by atoms with E-state index in [0.29, 0.717) is 57.9 Å². The second kappa shape index (κ2) is 10.9. The predicted octanol–water partition coefficient (Wildman–Crippen LogP) is 3.15. The lowest BCUT2D eigenvalue weighted by atomic mass is 9.97. The lowest BCUT2D eigenvalue weighted by Gasteiger charge is -2.39. The van der Waals surface area contributed by atoms with Crippen LogP contribution < -0.4 is 14.4 Å². The van der Waals surface area contributed by atoms with Crippen LogP contribution in [0, 0.1) is 12.8 Å². The molecule has 2 saturated heterocycles. The van der Waals surface area contributed by atoms with Crippen molar-refractivity contribution in [2.75, 3.05) is 57.9 Å². The number of rotatable bonds is 7. The normalized spacial score (nSPS) is 19.5. The van der Waals surface area contributed by atoms with Gasteiger partial charge in [0.05, 0.1) is 30.2 Å². The van der Waals surface area contributed by atoms with Crippen molar-refractivity contribution in [3.63, 3.8) is 0 Å². The lowest BCUT2D eigenvalue weighted by molar-refractivity contribution is -0.137. The zero-order valence-electron chi connectivity index (χ0n) is 20.8. The summed E-state index contributed by atoms with van der Waals surface area (Å²) in [5, 5.41) is 0. The summed E-state index contributed by atoms with van der Waals surface area (Å²) in [7, 11) is -2.02. The number of hydrogen-bond acceptors (Lipinski definition) is 6. The SMILES string of the molecule is CCOc1ccc(S(=O)(=O)N2CCC[C@H](C(=O)N3CCN(c4ccccc4OC)CC3)C2)cc1C. The first-order valence-electron chi connectivity index (χ1n) is 12.3. The Morgan fingerprint density at radius 1 is 1.03 bits per heavy atom. The summed E-state index contributed by atoms with van der Waals surface area (Å²) < 4.78 is 39.2. The van der Waals surface area contributed by atoms with Gasteiger partial charge in [-0.25, -0.2) is 8.42 Å². The first kappa shape index (κ1) is 25.3. The van der Waals surface area contributed by atoms with Crippen LogP contribution in [-0.2, 0) is 14.8 Å². The summed E-state index contributed by atoms with van der Waals surface area (Å²) in [6.45, 7) is 7.57. The van der Waals surface area contributed by atoms with Gasteiger partial charge in [0.1, 0.15) is 11.5 Å². The van der Waals surface area contributed by atoms with E-state index < -0.39 is 10.0 Å². The number of anilines is 1. The average molecular weight is 502 g/mol. The molecule has 2 aromatic carbocycles. The Labute approximate surface area is 208 Å². The van der Waals surface area contributed by atoms with E-state index in [0.717, 1.165) is 17.0 Å². The number of hydrogen-bond donors (Lipinski definition) is 0. The van der Waals surface area contributed by atoms with E-state index in [1.807, 2.05) is 43.0 Å². The van der Waals surface area contributed by atoms with Crippen LogP contribution in [0.25, 0.3) is 0 Å². The van der Waals surface area contributed by atoms with Crippen molar-refractivity contribution in [3.8, 4) is 11.5 Å². The van der Waals surface area contributed by atoms with Gasteiger partial charge in [0.15, 0.2) is 0 Å². The summed E-state index contributed by atoms with van der Waals surface area (Å²) in [6.07, 6.45) is 1.38. The van der Waals surface area contributed by atoms with Gasteiger partial charge in [0.2, 0.25) is 15.9 Å². The van der Waals surface area contributed by atoms with Gasteiger partial charge < -0.3 is 19.3 Å². The molecule has 0 unspecified atom stereocenters. The van der Waals surface area contributed by atoms with Crippen LogP contribution in [0.4, 0.5) is 5.69 Å². The molecule has 2 aliphatic rings. The second-order valence-electron chi connectivity index (χ2n) is 9.05. The molecule has 2 fully saturated rings. The number of para-hydroxylation sites is 2. The fraction of sp³-hybridized carbons (Fsp3) is 0.500. The number of piperidine rings is 1. The summed E-state index contributed by atoms with van der Waals surface area (Å²) in [5.41, 5.74) is 1.81. The number of ether oxygens (including phenoxy) is 2. The van der Waals surface area contributed by atoms with E-state index in [1.54, 1.807) is 25.3 Å². The molecular weight excluding hydrogens is 466 g/mol. The minimum absolute atomic E-state index is 0.0486. The Kier molecular flexibility index (Phi) is 7.86. The Morgan fingerprint density at radius 2 is 1.77 bits per heavy atom. The molecule has 0 bridgehead atoms. The molecule has 0 radical (unpaired) electrons. The maximum absolute atomic E-state index is 13.4. The van der Waals surface area contributed by atoms with Crippen molar-refractivity contribution in [1.82, 2.24) is 9.21 Å². The minimum atomic E-state index is -3.68. The second-order valence-corrected chi connectivity index (χ2v) is 11.0. The molecule has 35 heavy (non-hydrogen) atoms. The highest BCUT2D eigenvalue weighted by molar-refractivity contribution is 7.89. The lowest BCUT2D eigenvalue weighted by Crippen LogP contribution is -2.53. The molecule has 0 spiro atoms. The summed E-state index contributed by atoms with van der Waals surface area (Å²) in [6, 6.07) is 12.9. The van der Waals surface area contributed by atoms with Gasteiger partial charge >= 0.3 is 0 Å². The highest BCUT2D eigenvalue weighted by atomic mass is 32.2. The first-order valence-corrected chi connectivity index (χ1v) is 13.7. The zero-order chi connectivity index (χ0) is 25.0. The maximum Gasteiger partial charge on any atom is 0.243 e. The van der Waals surface area contributed by atoms with E-state index in [4.69, 9.17) is 9.47 Å². The number of piperazine rings is 1. The van der Waals surface area contributed by atoms with Gasteiger partial charge in [-0.3, -0.25) is 4.79 Å². The minimum Gasteiger partial charge on any atom is -0.495 e. The Balaban J connectivity index is 1.40. The Bertz CT molecular complexity index is 1150. The number of carbonyl (C=O) groups is 1. The fourth-order valence-electron chi connectivity index (χ4n) is 4.93. The van der Waals surface area contributed by atoms with Gasteiger partial charge in [0, 0.05) is 39.3 Å². The molecule has 1 atom stereocenters. The molecule has 2 aromatic rings. The van der Waals surface area contributed by atoms with Gasteiger partial charge in [0.25, 0.3) is 0 Å². The fourth-order valence-corrected chi connectivity index (χ4v) is 6.54. The number of benzene rings is 2. The third-order valence-electron chi connectivity index (χ3n) is 6.83. The van der Waals surface area contributed by atoms with Crippen molar-refractivity contribution in [2.45, 2.75) is 31.6 Å². The van der Waals surface area contributed by atoms with Gasteiger partial charge in [-0.1, -0.05) is 12.1 Å². The summed E-state index contributed by atoms with van der Waals surface area (Å²) in [5.74, 6) is 1.24. The summed E-state index contributed by atoms with van der Waals surface area (Å²) in [4.78, 5) is 17.7. The molecule has 0 aliphatic carbocycles. The molecule has 0 N–H and O–H groups in total. The van der Waals surface area contributed by atoms with Crippen molar-refractivity contribution in [1.29, 1.82) is 0 Å². The average Bonchev–Trinajstić information content (AvgIpc) is 2.89. The predicted molar refractivity (Wildman–Crippen MR) is 136 cm³/mol. The van der Waals surface area contributed by atoms with Gasteiger partial charge in [-0.15, -0.1) is 0 Å². The molecule has 190 valence electrons. The van der Waals surface area contributed by atoms with Crippen molar-refractivity contribution >= 4 is 21.6 Å². The van der Waals surface area contributed by atoms with Gasteiger partial charge in [-0.2, -0.15) is 4.31 Å². The molecule has 9 heteroatoms. The van der Waals surface area contributed by atoms with Crippen molar-refractivity contribution in [3.05, 3.63) is 48.0 Å². The quantitative estimate of drug-likeness (QED) is 0.580. The first-order chi connectivity index (χ1) is 16.8. The molecule has 0 saturated carbocycles. The molecular formula is C26H35N3O5S. The topological polar surface area (TPSA) is 79.4 Å². The zero-order valence-corrected chi connectivity index (χ0v) is 21.6. The van der Waals surface area contributed by atoms with Crippen LogP contribution in [0.1, 0.15) is 25.3 Å². The number of aryl methyl sites for hydroxylation is 1. The van der Waals surface area contributed by atoms with E-state index in [-0.39, 0.29) is 23.3 Å². The third-order valence-corrected chi connectivity index (χ3v) is 8.70. The number of nitrogens with zero attached hydrogens (tertiary/aromatic N) is 3. The largest absolute Gasteiger partial charge is 0.495 e. The third kappa shape index (κ3) is 5.41. The van der Waals surface area contributed by atoms with Crippen LogP contribution in [0.5, 0.6) is 11.5 Å². The maximum atomic E-state index is 13.4. The molecule has 4 rings (SSSR count). The van der Waals surface area contributed by atoms with Crippen LogP contribution in [0.3, 0.4) is 0 Å². The van der Waals surface area contributed by atoms with E-state index in [1.165, 1.54) is 4.31 Å². The number of sulfonamides is 1. The molecule has 2 heterocycles. The molecule has 2 aliphatic heterocycles. The Hall–Kier alpha value is -2.78. The standard InChI is InChI=1S/C26H35N3O5S/c1-4-34-24-12-11-22(18-20(24)2)35(31,32)29-13-7-8-21(19-29)26(30)28-16-14-27(15-17-28)23-9-5-6-10-25(23)33-3/h5-6,9-12,18,21H,4,7-8,13-17,19H2,1-3H3/t21-/m0/s1. The Morgan fingerprint density at radius 3 is 2.46 bits per heavy atom. The van der Waals surface area contributed by atoms with Gasteiger partial charge in [-0.05, 0) is 62.6 Å². The van der Waals surface area contributed by atoms with Crippen LogP contribution in [-0.4, -0.2) is 76.5 Å².